The second kappa shape index (κ2) is 10.3. The number of para-hydroxylation sites is 1. The summed E-state index contributed by atoms with van der Waals surface area (Å²) in [5, 5.41) is 16.1. The average Bonchev–Trinajstić information content (AvgIpc) is 3.40. The molecule has 1 N–H and O–H groups in total. The molecule has 0 atom stereocenters. The number of non-ortho nitro benzene ring substituents is 1. The summed E-state index contributed by atoms with van der Waals surface area (Å²) < 4.78 is 5.30. The quantitative estimate of drug-likeness (QED) is 0.180. The Balaban J connectivity index is 1.29. The first-order chi connectivity index (χ1) is 18.0. The molecule has 37 heavy (non-hydrogen) atoms. The van der Waals surface area contributed by atoms with Crippen molar-refractivity contribution in [2.75, 3.05) is 11.9 Å². The predicted molar refractivity (Wildman–Crippen MR) is 138 cm³/mol. The number of nitro benzene ring substituents is 1. The van der Waals surface area contributed by atoms with Crippen LogP contribution in [0.1, 0.15) is 10.4 Å². The van der Waals surface area contributed by atoms with Gasteiger partial charge in [0.15, 0.2) is 11.7 Å². The minimum Gasteiger partial charge on any atom is -0.452 e. The number of nitrogens with zero attached hydrogens (tertiary/aromatic N) is 4. The summed E-state index contributed by atoms with van der Waals surface area (Å²) in [5.74, 6) is -1.25. The maximum absolute atomic E-state index is 13.0. The van der Waals surface area contributed by atoms with Crippen molar-refractivity contribution in [3.05, 3.63) is 100 Å². The van der Waals surface area contributed by atoms with Crippen molar-refractivity contribution in [1.82, 2.24) is 15.0 Å². The van der Waals surface area contributed by atoms with Crippen LogP contribution in [0, 0.1) is 10.1 Å². The van der Waals surface area contributed by atoms with Crippen LogP contribution in [-0.4, -0.2) is 38.4 Å². The van der Waals surface area contributed by atoms with E-state index in [1.165, 1.54) is 12.1 Å². The number of fused-ring (bicyclic) bond motifs is 1. The Morgan fingerprint density at radius 2 is 1.78 bits per heavy atom. The standard InChI is InChI=1S/C26H17N5O5S/c32-24(30-26-29-23(15-37-26)16-6-5-7-17(12-16)31(34)35)14-36-25(33)19-13-22(21-10-3-4-11-27-21)28-20-9-2-1-8-18(19)20/h1-13,15H,14H2,(H,29,30,32). The number of pyridine rings is 2. The van der Waals surface area contributed by atoms with Crippen LogP contribution in [0.3, 0.4) is 0 Å². The molecule has 0 saturated heterocycles. The number of benzene rings is 2. The Labute approximate surface area is 213 Å². The molecule has 3 heterocycles. The number of carbonyl (C=O) groups is 2. The van der Waals surface area contributed by atoms with Gasteiger partial charge in [0.2, 0.25) is 0 Å². The van der Waals surface area contributed by atoms with E-state index < -0.39 is 23.4 Å². The lowest BCUT2D eigenvalue weighted by atomic mass is 10.1. The van der Waals surface area contributed by atoms with Crippen LogP contribution in [0.4, 0.5) is 10.8 Å². The number of nitrogens with one attached hydrogen (secondary N) is 1. The van der Waals surface area contributed by atoms with Gasteiger partial charge in [-0.05, 0) is 24.3 Å². The molecule has 0 fully saturated rings. The number of nitro groups is 1. The highest BCUT2D eigenvalue weighted by Gasteiger charge is 2.18. The summed E-state index contributed by atoms with van der Waals surface area (Å²) in [7, 11) is 0. The second-order valence-electron chi connectivity index (χ2n) is 7.76. The summed E-state index contributed by atoms with van der Waals surface area (Å²) in [6.45, 7) is -0.528. The number of amides is 1. The number of esters is 1. The molecule has 0 spiro atoms. The van der Waals surface area contributed by atoms with Crippen LogP contribution in [-0.2, 0) is 9.53 Å². The number of carbonyl (C=O) groups excluding carboxylic acids is 2. The number of hydrogen-bond acceptors (Lipinski definition) is 9. The van der Waals surface area contributed by atoms with E-state index in [1.807, 2.05) is 12.1 Å². The van der Waals surface area contributed by atoms with Crippen molar-refractivity contribution >= 4 is 44.9 Å². The molecule has 0 aliphatic rings. The third kappa shape index (κ3) is 5.31. The molecule has 3 aromatic heterocycles. The molecule has 11 heteroatoms. The van der Waals surface area contributed by atoms with Crippen molar-refractivity contribution in [1.29, 1.82) is 0 Å². The number of aromatic nitrogens is 3. The lowest BCUT2D eigenvalue weighted by molar-refractivity contribution is -0.384. The summed E-state index contributed by atoms with van der Waals surface area (Å²) in [4.78, 5) is 49.1. The fourth-order valence-corrected chi connectivity index (χ4v) is 4.33. The Hall–Kier alpha value is -5.03. The SMILES string of the molecule is O=C(COC(=O)c1cc(-c2ccccn2)nc2ccccc12)Nc1nc(-c2cccc([N+](=O)[O-])c2)cs1. The van der Waals surface area contributed by atoms with Crippen molar-refractivity contribution < 1.29 is 19.2 Å². The lowest BCUT2D eigenvalue weighted by Crippen LogP contribution is -2.21. The molecule has 0 aliphatic heterocycles. The molecule has 5 rings (SSSR count). The van der Waals surface area contributed by atoms with E-state index >= 15 is 0 Å². The highest BCUT2D eigenvalue weighted by atomic mass is 32.1. The summed E-state index contributed by atoms with van der Waals surface area (Å²) in [5.41, 5.74) is 2.94. The molecule has 10 nitrogen and oxygen atoms in total. The molecule has 182 valence electrons. The van der Waals surface area contributed by atoms with Crippen molar-refractivity contribution in [3.63, 3.8) is 0 Å². The van der Waals surface area contributed by atoms with Gasteiger partial charge in [0, 0.05) is 34.7 Å². The maximum atomic E-state index is 13.0. The van der Waals surface area contributed by atoms with E-state index in [0.29, 0.717) is 33.5 Å². The van der Waals surface area contributed by atoms with E-state index in [9.17, 15) is 19.7 Å². The first-order valence-corrected chi connectivity index (χ1v) is 11.8. The molecule has 1 amide bonds. The monoisotopic (exact) mass is 511 g/mol. The van der Waals surface area contributed by atoms with Crippen LogP contribution >= 0.6 is 11.3 Å². The van der Waals surface area contributed by atoms with Crippen molar-refractivity contribution in [2.24, 2.45) is 0 Å². The van der Waals surface area contributed by atoms with E-state index in [-0.39, 0.29) is 16.4 Å². The van der Waals surface area contributed by atoms with Gasteiger partial charge in [0.25, 0.3) is 11.6 Å². The van der Waals surface area contributed by atoms with Gasteiger partial charge in [-0.3, -0.25) is 25.2 Å². The minimum atomic E-state index is -0.678. The normalized spacial score (nSPS) is 10.7. The molecular formula is C26H17N5O5S. The summed E-state index contributed by atoms with van der Waals surface area (Å²) in [6, 6.07) is 20.2. The number of ether oxygens (including phenoxy) is 1. The molecular weight excluding hydrogens is 494 g/mol. The van der Waals surface area contributed by atoms with Crippen LogP contribution in [0.2, 0.25) is 0 Å². The van der Waals surface area contributed by atoms with Crippen LogP contribution < -0.4 is 5.32 Å². The molecule has 0 radical (unpaired) electrons. The molecule has 0 saturated carbocycles. The van der Waals surface area contributed by atoms with E-state index in [2.05, 4.69) is 20.3 Å². The van der Waals surface area contributed by atoms with E-state index in [1.54, 1.807) is 60.1 Å². The number of hydrogen-bond donors (Lipinski definition) is 1. The minimum absolute atomic E-state index is 0.0576. The Morgan fingerprint density at radius 1 is 0.946 bits per heavy atom. The van der Waals surface area contributed by atoms with Gasteiger partial charge < -0.3 is 4.74 Å². The Kier molecular flexibility index (Phi) is 6.60. The fourth-order valence-electron chi connectivity index (χ4n) is 3.60. The third-order valence-electron chi connectivity index (χ3n) is 5.30. The van der Waals surface area contributed by atoms with Gasteiger partial charge in [-0.1, -0.05) is 36.4 Å². The Morgan fingerprint density at radius 3 is 2.59 bits per heavy atom. The Bertz CT molecular complexity index is 1640. The van der Waals surface area contributed by atoms with Crippen LogP contribution in [0.15, 0.2) is 84.4 Å². The first kappa shape index (κ1) is 23.7. The summed E-state index contributed by atoms with van der Waals surface area (Å²) >= 11 is 1.15. The average molecular weight is 512 g/mol. The zero-order chi connectivity index (χ0) is 25.8. The molecule has 5 aromatic rings. The van der Waals surface area contributed by atoms with Crippen molar-refractivity contribution in [3.8, 4) is 22.6 Å². The topological polar surface area (TPSA) is 137 Å². The van der Waals surface area contributed by atoms with Gasteiger partial charge in [-0.25, -0.2) is 14.8 Å². The van der Waals surface area contributed by atoms with E-state index in [4.69, 9.17) is 4.74 Å². The zero-order valence-corrected chi connectivity index (χ0v) is 19.8. The summed E-state index contributed by atoms with van der Waals surface area (Å²) in [6.07, 6.45) is 1.64. The van der Waals surface area contributed by atoms with Crippen molar-refractivity contribution in [2.45, 2.75) is 0 Å². The number of rotatable bonds is 7. The van der Waals surface area contributed by atoms with Gasteiger partial charge >= 0.3 is 5.97 Å². The second-order valence-corrected chi connectivity index (χ2v) is 8.61. The number of anilines is 1. The highest BCUT2D eigenvalue weighted by Crippen LogP contribution is 2.28. The highest BCUT2D eigenvalue weighted by molar-refractivity contribution is 7.14. The first-order valence-electron chi connectivity index (χ1n) is 11.0. The van der Waals surface area contributed by atoms with E-state index in [0.717, 1.165) is 11.3 Å². The van der Waals surface area contributed by atoms with Gasteiger partial charge in [0.1, 0.15) is 0 Å². The molecule has 0 bridgehead atoms. The molecule has 2 aromatic carbocycles. The zero-order valence-electron chi connectivity index (χ0n) is 19.0. The predicted octanol–water partition coefficient (Wildman–Crippen LogP) is 5.12. The maximum Gasteiger partial charge on any atom is 0.339 e. The largest absolute Gasteiger partial charge is 0.452 e. The number of thiazole rings is 1. The van der Waals surface area contributed by atoms with Gasteiger partial charge in [0.05, 0.1) is 33.1 Å². The van der Waals surface area contributed by atoms with Crippen LogP contribution in [0.5, 0.6) is 0 Å². The molecule has 0 aliphatic carbocycles. The smallest absolute Gasteiger partial charge is 0.339 e. The van der Waals surface area contributed by atoms with Crippen LogP contribution in [0.25, 0.3) is 33.5 Å². The molecule has 0 unspecified atom stereocenters. The lowest BCUT2D eigenvalue weighted by Gasteiger charge is -2.09. The van der Waals surface area contributed by atoms with Gasteiger partial charge in [-0.2, -0.15) is 0 Å². The van der Waals surface area contributed by atoms with Gasteiger partial charge in [-0.15, -0.1) is 11.3 Å². The third-order valence-corrected chi connectivity index (χ3v) is 6.06. The fraction of sp³-hybridized carbons (Fsp3) is 0.0385.